The van der Waals surface area contributed by atoms with E-state index < -0.39 is 0 Å². The van der Waals surface area contributed by atoms with Crippen LogP contribution in [-0.2, 0) is 14.3 Å². The number of carbonyl (C=O) groups excluding carboxylic acids is 2. The molecule has 0 aromatic rings. The number of ether oxygens (including phenoxy) is 1. The summed E-state index contributed by atoms with van der Waals surface area (Å²) < 4.78 is 4.80. The van der Waals surface area contributed by atoms with E-state index in [0.717, 1.165) is 6.42 Å². The van der Waals surface area contributed by atoms with Gasteiger partial charge in [0.25, 0.3) is 5.91 Å². The molecule has 0 aromatic heterocycles. The second kappa shape index (κ2) is 8.91. The number of nitrogens with zero attached hydrogens (tertiary/aromatic N) is 1. The Morgan fingerprint density at radius 1 is 1.17 bits per heavy atom. The maximum absolute atomic E-state index is 11.7. The number of carbonyl (C=O) groups is 2. The smallest absolute Gasteiger partial charge is 0.266 e. The standard InChI is InChI=1S/C13H26N2O3/c1-10(2)6-7-12(16)14-15(8-11(3)4)13(17)9-18-5/h10-11H,6-9H2,1-5H3,(H,14,16). The van der Waals surface area contributed by atoms with Crippen LogP contribution >= 0.6 is 0 Å². The molecule has 0 saturated heterocycles. The first-order valence-corrected chi connectivity index (χ1v) is 6.45. The van der Waals surface area contributed by atoms with Crippen LogP contribution in [0, 0.1) is 11.8 Å². The molecule has 0 aromatic carbocycles. The van der Waals surface area contributed by atoms with Gasteiger partial charge in [0.2, 0.25) is 5.91 Å². The second-order valence-electron chi connectivity index (χ2n) is 5.30. The molecule has 2 amide bonds. The van der Waals surface area contributed by atoms with Gasteiger partial charge in [-0.25, -0.2) is 0 Å². The molecular weight excluding hydrogens is 232 g/mol. The van der Waals surface area contributed by atoms with Gasteiger partial charge in [-0.3, -0.25) is 20.0 Å². The minimum atomic E-state index is -0.218. The predicted molar refractivity (Wildman–Crippen MR) is 70.6 cm³/mol. The highest BCUT2D eigenvalue weighted by Gasteiger charge is 2.17. The van der Waals surface area contributed by atoms with E-state index in [1.54, 1.807) is 0 Å². The summed E-state index contributed by atoms with van der Waals surface area (Å²) in [6, 6.07) is 0. The van der Waals surface area contributed by atoms with Crippen molar-refractivity contribution in [2.45, 2.75) is 40.5 Å². The molecule has 0 aliphatic heterocycles. The van der Waals surface area contributed by atoms with E-state index in [0.29, 0.717) is 18.9 Å². The van der Waals surface area contributed by atoms with Crippen molar-refractivity contribution in [3.05, 3.63) is 0 Å². The second-order valence-corrected chi connectivity index (χ2v) is 5.30. The average Bonchev–Trinajstić information content (AvgIpc) is 2.25. The quantitative estimate of drug-likeness (QED) is 0.705. The van der Waals surface area contributed by atoms with Gasteiger partial charge in [-0.05, 0) is 18.3 Å². The monoisotopic (exact) mass is 258 g/mol. The molecule has 18 heavy (non-hydrogen) atoms. The normalized spacial score (nSPS) is 10.8. The summed E-state index contributed by atoms with van der Waals surface area (Å²) in [4.78, 5) is 23.4. The van der Waals surface area contributed by atoms with Crippen molar-refractivity contribution in [1.82, 2.24) is 10.4 Å². The van der Waals surface area contributed by atoms with Gasteiger partial charge in [-0.2, -0.15) is 0 Å². The Morgan fingerprint density at radius 2 is 1.78 bits per heavy atom. The topological polar surface area (TPSA) is 58.6 Å². The molecule has 0 fully saturated rings. The van der Waals surface area contributed by atoms with E-state index in [1.165, 1.54) is 12.1 Å². The molecule has 1 N–H and O–H groups in total. The van der Waals surface area contributed by atoms with Crippen LogP contribution in [0.25, 0.3) is 0 Å². The van der Waals surface area contributed by atoms with Gasteiger partial charge in [-0.15, -0.1) is 0 Å². The van der Waals surface area contributed by atoms with Gasteiger partial charge in [0, 0.05) is 20.1 Å². The summed E-state index contributed by atoms with van der Waals surface area (Å²) in [5, 5.41) is 1.36. The molecule has 0 aliphatic rings. The summed E-state index contributed by atoms with van der Waals surface area (Å²) in [6.45, 7) is 8.60. The zero-order valence-electron chi connectivity index (χ0n) is 12.2. The highest BCUT2D eigenvalue weighted by molar-refractivity contribution is 5.82. The Bertz CT molecular complexity index is 265. The van der Waals surface area contributed by atoms with Crippen LogP contribution in [0.3, 0.4) is 0 Å². The fraction of sp³-hybridized carbons (Fsp3) is 0.846. The molecule has 0 heterocycles. The van der Waals surface area contributed by atoms with Crippen LogP contribution < -0.4 is 5.43 Å². The van der Waals surface area contributed by atoms with Crippen molar-refractivity contribution in [3.63, 3.8) is 0 Å². The first kappa shape index (κ1) is 16.9. The molecule has 5 heteroatoms. The summed E-state index contributed by atoms with van der Waals surface area (Å²) in [6.07, 6.45) is 1.26. The Labute approximate surface area is 110 Å². The van der Waals surface area contributed by atoms with Crippen molar-refractivity contribution in [3.8, 4) is 0 Å². The van der Waals surface area contributed by atoms with E-state index in [9.17, 15) is 9.59 Å². The van der Waals surface area contributed by atoms with Gasteiger partial charge >= 0.3 is 0 Å². The van der Waals surface area contributed by atoms with Gasteiger partial charge in [0.1, 0.15) is 6.61 Å². The SMILES string of the molecule is COCC(=O)N(CC(C)C)NC(=O)CCC(C)C. The maximum atomic E-state index is 11.7. The average molecular weight is 258 g/mol. The molecule has 0 saturated carbocycles. The lowest BCUT2D eigenvalue weighted by Gasteiger charge is -2.25. The number of nitrogens with one attached hydrogen (secondary N) is 1. The summed E-state index contributed by atoms with van der Waals surface area (Å²) in [5.41, 5.74) is 2.65. The van der Waals surface area contributed by atoms with Crippen LogP contribution in [0.15, 0.2) is 0 Å². The molecule has 0 unspecified atom stereocenters. The van der Waals surface area contributed by atoms with E-state index in [4.69, 9.17) is 4.74 Å². The van der Waals surface area contributed by atoms with Crippen molar-refractivity contribution in [2.75, 3.05) is 20.3 Å². The van der Waals surface area contributed by atoms with E-state index in [1.807, 2.05) is 13.8 Å². The molecule has 5 nitrogen and oxygen atoms in total. The fourth-order valence-electron chi connectivity index (χ4n) is 1.40. The summed E-state index contributed by atoms with van der Waals surface area (Å²) in [7, 11) is 1.46. The third-order valence-corrected chi connectivity index (χ3v) is 2.32. The Hall–Kier alpha value is -1.10. The number of hydrazine groups is 1. The van der Waals surface area contributed by atoms with Crippen LogP contribution in [-0.4, -0.2) is 37.1 Å². The molecule has 0 atom stereocenters. The molecule has 106 valence electrons. The van der Waals surface area contributed by atoms with Crippen LogP contribution in [0.5, 0.6) is 0 Å². The van der Waals surface area contributed by atoms with Crippen molar-refractivity contribution < 1.29 is 14.3 Å². The minimum absolute atomic E-state index is 0.0167. The van der Waals surface area contributed by atoms with Crippen molar-refractivity contribution in [2.24, 2.45) is 11.8 Å². The van der Waals surface area contributed by atoms with E-state index >= 15 is 0 Å². The van der Waals surface area contributed by atoms with Crippen LogP contribution in [0.4, 0.5) is 0 Å². The number of rotatable bonds is 7. The zero-order chi connectivity index (χ0) is 14.1. The van der Waals surface area contributed by atoms with Crippen molar-refractivity contribution in [1.29, 1.82) is 0 Å². The van der Waals surface area contributed by atoms with E-state index in [-0.39, 0.29) is 24.3 Å². The fourth-order valence-corrected chi connectivity index (χ4v) is 1.40. The molecule has 0 aliphatic carbocycles. The van der Waals surface area contributed by atoms with Gasteiger partial charge in [-0.1, -0.05) is 27.7 Å². The Morgan fingerprint density at radius 3 is 2.22 bits per heavy atom. The van der Waals surface area contributed by atoms with Gasteiger partial charge < -0.3 is 4.74 Å². The third kappa shape index (κ3) is 8.06. The van der Waals surface area contributed by atoms with Gasteiger partial charge in [0.05, 0.1) is 0 Å². The molecule has 0 bridgehead atoms. The molecule has 0 spiro atoms. The lowest BCUT2D eigenvalue weighted by molar-refractivity contribution is -0.145. The Balaban J connectivity index is 4.30. The highest BCUT2D eigenvalue weighted by atomic mass is 16.5. The highest BCUT2D eigenvalue weighted by Crippen LogP contribution is 2.04. The van der Waals surface area contributed by atoms with Crippen LogP contribution in [0.1, 0.15) is 40.5 Å². The minimum Gasteiger partial charge on any atom is -0.375 e. The first-order chi connectivity index (χ1) is 8.36. The predicted octanol–water partition coefficient (Wildman–Crippen LogP) is 1.58. The largest absolute Gasteiger partial charge is 0.375 e. The zero-order valence-corrected chi connectivity index (χ0v) is 12.2. The number of amides is 2. The van der Waals surface area contributed by atoms with Gasteiger partial charge in [0.15, 0.2) is 0 Å². The summed E-state index contributed by atoms with van der Waals surface area (Å²) in [5.74, 6) is 0.429. The van der Waals surface area contributed by atoms with E-state index in [2.05, 4.69) is 19.3 Å². The molecule has 0 radical (unpaired) electrons. The number of hydrogen-bond donors (Lipinski definition) is 1. The Kier molecular flexibility index (Phi) is 8.37. The van der Waals surface area contributed by atoms with Crippen molar-refractivity contribution >= 4 is 11.8 Å². The lowest BCUT2D eigenvalue weighted by Crippen LogP contribution is -2.49. The van der Waals surface area contributed by atoms with Crippen LogP contribution in [0.2, 0.25) is 0 Å². The lowest BCUT2D eigenvalue weighted by atomic mass is 10.1. The third-order valence-electron chi connectivity index (χ3n) is 2.32. The molecule has 0 rings (SSSR count). The summed E-state index contributed by atoms with van der Waals surface area (Å²) >= 11 is 0. The number of hydrogen-bond acceptors (Lipinski definition) is 3. The number of methoxy groups -OCH3 is 1. The molecular formula is C13H26N2O3. The maximum Gasteiger partial charge on any atom is 0.266 e. The first-order valence-electron chi connectivity index (χ1n) is 6.45.